The molecule has 1 aromatic heterocycles. The molecule has 0 spiro atoms. The second kappa shape index (κ2) is 7.24. The molecule has 1 aliphatic rings. The Kier molecular flexibility index (Phi) is 4.54. The molecule has 0 saturated heterocycles. The Labute approximate surface area is 180 Å². The molecule has 7 heteroatoms. The van der Waals surface area contributed by atoms with Gasteiger partial charge in [0, 0.05) is 5.30 Å². The van der Waals surface area contributed by atoms with Gasteiger partial charge in [-0.1, -0.05) is 78.5 Å². The van der Waals surface area contributed by atoms with Gasteiger partial charge < -0.3 is 0 Å². The molecule has 0 bridgehead atoms. The van der Waals surface area contributed by atoms with Crippen LogP contribution in [0.3, 0.4) is 0 Å². The van der Waals surface area contributed by atoms with Gasteiger partial charge in [-0.05, 0) is 31.2 Å². The molecule has 0 radical (unpaired) electrons. The van der Waals surface area contributed by atoms with Crippen molar-refractivity contribution in [2.45, 2.75) is 6.92 Å². The Morgan fingerprint density at radius 2 is 1.37 bits per heavy atom. The van der Waals surface area contributed by atoms with Crippen molar-refractivity contribution >= 4 is 46.1 Å². The lowest BCUT2D eigenvalue weighted by atomic mass is 10.3. The van der Waals surface area contributed by atoms with Crippen LogP contribution in [0.2, 0.25) is 0 Å². The SMILES string of the molecule is Cc1nn(-c2ccccc2)c2c1P(=S)(c1ccccc1)N(c1ccccc1)C(=O)N2. The number of nitrogens with zero attached hydrogens (tertiary/aromatic N) is 3. The normalized spacial score (nSPS) is 18.0. The largest absolute Gasteiger partial charge is 0.331 e. The van der Waals surface area contributed by atoms with Crippen molar-refractivity contribution in [2.75, 3.05) is 9.99 Å². The van der Waals surface area contributed by atoms with Gasteiger partial charge in [0.05, 0.1) is 22.4 Å². The molecule has 148 valence electrons. The topological polar surface area (TPSA) is 50.2 Å². The average Bonchev–Trinajstić information content (AvgIpc) is 3.12. The molecular weight excluding hydrogens is 411 g/mol. The third kappa shape index (κ3) is 2.80. The summed E-state index contributed by atoms with van der Waals surface area (Å²) in [5, 5.41) is 9.72. The first-order valence-corrected chi connectivity index (χ1v) is 12.3. The van der Waals surface area contributed by atoms with Gasteiger partial charge in [0.25, 0.3) is 0 Å². The third-order valence-electron chi connectivity index (χ3n) is 5.14. The molecule has 1 atom stereocenters. The highest BCUT2D eigenvalue weighted by Crippen LogP contribution is 2.55. The summed E-state index contributed by atoms with van der Waals surface area (Å²) >= 11 is 6.43. The fourth-order valence-corrected chi connectivity index (χ4v) is 8.33. The lowest BCUT2D eigenvalue weighted by Crippen LogP contribution is -2.45. The Morgan fingerprint density at radius 3 is 1.97 bits per heavy atom. The summed E-state index contributed by atoms with van der Waals surface area (Å²) < 4.78 is 3.54. The van der Waals surface area contributed by atoms with Crippen LogP contribution in [-0.4, -0.2) is 15.8 Å². The molecule has 5 nitrogen and oxygen atoms in total. The summed E-state index contributed by atoms with van der Waals surface area (Å²) in [6, 6.07) is 29.1. The standard InChI is InChI=1S/C23H19N4OPS/c1-17-21-22(26(25-17)18-11-5-2-6-12-18)24-23(28)27(19-13-7-3-8-14-19)29(21,30)20-15-9-4-10-16-20/h2-16H,1H3,(H,24,28). The highest BCUT2D eigenvalue weighted by Gasteiger charge is 2.44. The van der Waals surface area contributed by atoms with Crippen LogP contribution in [0, 0.1) is 6.92 Å². The molecule has 1 N–H and O–H groups in total. The van der Waals surface area contributed by atoms with Crippen molar-refractivity contribution < 1.29 is 4.79 Å². The number of fused-ring (bicyclic) bond motifs is 1. The summed E-state index contributed by atoms with van der Waals surface area (Å²) in [4.78, 5) is 13.5. The van der Waals surface area contributed by atoms with Crippen molar-refractivity contribution in [1.29, 1.82) is 0 Å². The number of amides is 2. The van der Waals surface area contributed by atoms with Crippen molar-refractivity contribution in [1.82, 2.24) is 9.78 Å². The summed E-state index contributed by atoms with van der Waals surface area (Å²) in [6.07, 6.45) is -2.71. The molecule has 1 unspecified atom stereocenters. The molecule has 2 amide bonds. The number of aromatic nitrogens is 2. The molecule has 30 heavy (non-hydrogen) atoms. The molecular formula is C23H19N4OPS. The Morgan fingerprint density at radius 1 is 0.833 bits per heavy atom. The third-order valence-corrected chi connectivity index (χ3v) is 9.92. The zero-order valence-electron chi connectivity index (χ0n) is 16.3. The number of hydrogen-bond donors (Lipinski definition) is 1. The van der Waals surface area contributed by atoms with Gasteiger partial charge in [0.2, 0.25) is 0 Å². The number of rotatable bonds is 3. The van der Waals surface area contributed by atoms with E-state index < -0.39 is 6.19 Å². The number of aryl methyl sites for hydroxylation is 1. The van der Waals surface area contributed by atoms with Gasteiger partial charge in [-0.25, -0.2) is 9.48 Å². The van der Waals surface area contributed by atoms with Gasteiger partial charge >= 0.3 is 6.03 Å². The predicted molar refractivity (Wildman–Crippen MR) is 126 cm³/mol. The van der Waals surface area contributed by atoms with Crippen LogP contribution < -0.4 is 20.6 Å². The first kappa shape index (κ1) is 18.8. The van der Waals surface area contributed by atoms with E-state index in [4.69, 9.17) is 16.9 Å². The first-order chi connectivity index (χ1) is 14.6. The number of carbonyl (C=O) groups is 1. The highest BCUT2D eigenvalue weighted by molar-refractivity contribution is 8.23. The molecule has 1 aliphatic heterocycles. The second-order valence-electron chi connectivity index (χ2n) is 7.02. The van der Waals surface area contributed by atoms with Crippen LogP contribution in [0.4, 0.5) is 16.3 Å². The maximum atomic E-state index is 13.5. The molecule has 4 aromatic rings. The van der Waals surface area contributed by atoms with Crippen LogP contribution >= 0.6 is 6.19 Å². The lowest BCUT2D eigenvalue weighted by molar-refractivity contribution is 0.259. The van der Waals surface area contributed by atoms with Crippen LogP contribution in [0.1, 0.15) is 5.69 Å². The second-order valence-corrected chi connectivity index (χ2v) is 11.1. The van der Waals surface area contributed by atoms with Crippen LogP contribution in [0.25, 0.3) is 5.69 Å². The molecule has 5 rings (SSSR count). The Balaban J connectivity index is 1.82. The van der Waals surface area contributed by atoms with E-state index in [0.29, 0.717) is 5.82 Å². The molecule has 3 aromatic carbocycles. The summed E-state index contributed by atoms with van der Waals surface area (Å²) in [5.74, 6) is 0.656. The number of nitrogens with one attached hydrogen (secondary N) is 1. The maximum absolute atomic E-state index is 13.5. The zero-order chi connectivity index (χ0) is 20.7. The Hall–Kier alpha value is -3.21. The van der Waals surface area contributed by atoms with E-state index in [1.807, 2.05) is 97.9 Å². The van der Waals surface area contributed by atoms with E-state index in [2.05, 4.69) is 5.32 Å². The van der Waals surface area contributed by atoms with Gasteiger partial charge in [-0.3, -0.25) is 9.99 Å². The fourth-order valence-electron chi connectivity index (χ4n) is 3.86. The Bertz CT molecular complexity index is 1270. The molecule has 0 saturated carbocycles. The van der Waals surface area contributed by atoms with Crippen LogP contribution in [-0.2, 0) is 11.8 Å². The summed E-state index contributed by atoms with van der Waals surface area (Å²) in [6.45, 7) is 1.96. The number of hydrogen-bond acceptors (Lipinski definition) is 3. The van der Waals surface area contributed by atoms with Crippen LogP contribution in [0.15, 0.2) is 91.0 Å². The predicted octanol–water partition coefficient (Wildman–Crippen LogP) is 4.58. The molecule has 2 heterocycles. The van der Waals surface area contributed by atoms with Crippen molar-refractivity contribution in [2.24, 2.45) is 0 Å². The van der Waals surface area contributed by atoms with Crippen molar-refractivity contribution in [3.63, 3.8) is 0 Å². The summed E-state index contributed by atoms with van der Waals surface area (Å²) in [7, 11) is 0. The van der Waals surface area contributed by atoms with Crippen molar-refractivity contribution in [3.05, 3.63) is 96.7 Å². The fraction of sp³-hybridized carbons (Fsp3) is 0.0435. The van der Waals surface area contributed by atoms with E-state index in [9.17, 15) is 4.79 Å². The number of carbonyl (C=O) groups excluding carboxylic acids is 1. The van der Waals surface area contributed by atoms with Gasteiger partial charge in [-0.2, -0.15) is 5.10 Å². The van der Waals surface area contributed by atoms with E-state index in [1.165, 1.54) is 0 Å². The van der Waals surface area contributed by atoms with E-state index in [1.54, 1.807) is 9.35 Å². The zero-order valence-corrected chi connectivity index (χ0v) is 18.0. The minimum Gasteiger partial charge on any atom is -0.291 e. The van der Waals surface area contributed by atoms with E-state index >= 15 is 0 Å². The van der Waals surface area contributed by atoms with E-state index in [-0.39, 0.29) is 6.03 Å². The maximum Gasteiger partial charge on any atom is 0.331 e. The smallest absolute Gasteiger partial charge is 0.291 e. The molecule has 0 aliphatic carbocycles. The number of benzene rings is 3. The lowest BCUT2D eigenvalue weighted by Gasteiger charge is -2.39. The summed E-state index contributed by atoms with van der Waals surface area (Å²) in [5.41, 5.74) is 2.48. The van der Waals surface area contributed by atoms with Gasteiger partial charge in [0.1, 0.15) is 12.0 Å². The minimum atomic E-state index is -2.71. The van der Waals surface area contributed by atoms with Gasteiger partial charge in [0.15, 0.2) is 0 Å². The minimum absolute atomic E-state index is 0.238. The van der Waals surface area contributed by atoms with Crippen molar-refractivity contribution in [3.8, 4) is 5.69 Å². The van der Waals surface area contributed by atoms with E-state index in [0.717, 1.165) is 27.7 Å². The highest BCUT2D eigenvalue weighted by atomic mass is 32.4. The monoisotopic (exact) mass is 430 g/mol. The van der Waals surface area contributed by atoms with Gasteiger partial charge in [-0.15, -0.1) is 0 Å². The molecule has 0 fully saturated rings. The number of para-hydroxylation sites is 2. The first-order valence-electron chi connectivity index (χ1n) is 9.58. The average molecular weight is 430 g/mol. The number of anilines is 2. The van der Waals surface area contributed by atoms with Crippen LogP contribution in [0.5, 0.6) is 0 Å². The quantitative estimate of drug-likeness (QED) is 0.484. The number of urea groups is 1.